The van der Waals surface area contributed by atoms with Crippen molar-refractivity contribution in [2.75, 3.05) is 19.7 Å². The first kappa shape index (κ1) is 40.5. The molecule has 19 heteroatoms. The summed E-state index contributed by atoms with van der Waals surface area (Å²) >= 11 is 0. The van der Waals surface area contributed by atoms with Gasteiger partial charge in [0.15, 0.2) is 0 Å². The largest absolute Gasteiger partial charge is 0.508 e. The van der Waals surface area contributed by atoms with E-state index in [0.29, 0.717) is 11.1 Å². The number of carbonyl (C=O) groups excluding carboxylic acids is 5. The molecule has 4 atom stereocenters. The maximum absolute atomic E-state index is 13.2. The highest BCUT2D eigenvalue weighted by Gasteiger charge is 2.30. The Kier molecular flexibility index (Phi) is 16.7. The Morgan fingerprint density at radius 2 is 1.46 bits per heavy atom. The fourth-order valence-corrected chi connectivity index (χ4v) is 4.63. The lowest BCUT2D eigenvalue weighted by atomic mass is 10.0. The van der Waals surface area contributed by atoms with Gasteiger partial charge in [0.1, 0.15) is 17.8 Å². The van der Waals surface area contributed by atoms with Crippen LogP contribution in [-0.2, 0) is 46.4 Å². The van der Waals surface area contributed by atoms with Crippen molar-refractivity contribution in [2.45, 2.75) is 63.2 Å². The number of carboxylic acids is 1. The van der Waals surface area contributed by atoms with Gasteiger partial charge in [0.25, 0.3) is 5.69 Å². The summed E-state index contributed by atoms with van der Waals surface area (Å²) in [6.07, 6.45) is -0.493. The lowest BCUT2D eigenvalue weighted by Gasteiger charge is -2.24. The number of hydrogen-bond donors (Lipinski definition) is 9. The number of benzene rings is 2. The third kappa shape index (κ3) is 15.0. The number of nitrogens with two attached hydrogens (primary N) is 2. The predicted octanol–water partition coefficient (Wildman–Crippen LogP) is -1.74. The van der Waals surface area contributed by atoms with Crippen LogP contribution in [0.1, 0.15) is 37.3 Å². The fraction of sp³-hybridized carbons (Fsp3) is 0.419. The summed E-state index contributed by atoms with van der Waals surface area (Å²) in [5.74, 6) is 0.115. The van der Waals surface area contributed by atoms with Crippen molar-refractivity contribution in [3.63, 3.8) is 0 Å². The summed E-state index contributed by atoms with van der Waals surface area (Å²) in [4.78, 5) is 89.8. The Balaban J connectivity index is 2.07. The number of carbonyl (C=O) groups is 6. The molecule has 0 unspecified atom stereocenters. The number of rotatable bonds is 21. The minimum Gasteiger partial charge on any atom is -0.508 e. The standard InChI is InChI=1S/C31H42N8O11/c1-18(40)34-12-2-3-25(30(46)35-16-27(42)36-21(17-50-33)13-19-4-8-22(9-5-19)39(48)49)37-31(47)26(15-28(43)44)38-29(45)24(32)14-20-6-10-23(41)11-7-20/h4-11,21,24-26,41H,2-3,12-17,32-33H2,1H3,(H,34,40)(H,35,46)(H,36,42)(H,37,47)(H,38,45)(H,43,44)/t21-,24-,25-,26-/m0/s1. The SMILES string of the molecule is CC(=O)NCCC[C@H](NC(=O)[C@H](CC(=O)O)NC(=O)[C@@H](N)Cc1ccc(O)cc1)C(=O)NCC(=O)N[C@H](CON)Cc1ccc([N+](=O)[O-])cc1. The minimum atomic E-state index is -1.63. The molecular formula is C31H42N8O11. The topological polar surface area (TPSA) is 307 Å². The molecule has 0 saturated heterocycles. The van der Waals surface area contributed by atoms with E-state index in [-0.39, 0.29) is 56.2 Å². The van der Waals surface area contributed by atoms with Gasteiger partial charge in [-0.15, -0.1) is 0 Å². The van der Waals surface area contributed by atoms with Crippen LogP contribution in [0.2, 0.25) is 0 Å². The van der Waals surface area contributed by atoms with Gasteiger partial charge < -0.3 is 47.4 Å². The number of nitrogens with zero attached hydrogens (tertiary/aromatic N) is 1. The summed E-state index contributed by atoms with van der Waals surface area (Å²) in [5, 5.41) is 42.1. The van der Waals surface area contributed by atoms with Crippen molar-refractivity contribution in [1.82, 2.24) is 26.6 Å². The van der Waals surface area contributed by atoms with Crippen molar-refractivity contribution in [2.24, 2.45) is 11.6 Å². The molecule has 272 valence electrons. The number of phenols is 1. The summed E-state index contributed by atoms with van der Waals surface area (Å²) in [5.41, 5.74) is 7.09. The molecule has 0 aliphatic heterocycles. The van der Waals surface area contributed by atoms with Gasteiger partial charge >= 0.3 is 5.97 Å². The van der Waals surface area contributed by atoms with Gasteiger partial charge in [-0.05, 0) is 48.9 Å². The van der Waals surface area contributed by atoms with E-state index in [1.807, 2.05) is 0 Å². The maximum Gasteiger partial charge on any atom is 0.305 e. The number of phenolic OH excluding ortho intramolecular Hbond substituents is 1. The van der Waals surface area contributed by atoms with Crippen molar-refractivity contribution < 1.29 is 48.7 Å². The number of carboxylic acid groups (broad SMARTS) is 1. The molecule has 2 aromatic rings. The maximum atomic E-state index is 13.2. The average Bonchev–Trinajstić information content (AvgIpc) is 3.05. The van der Waals surface area contributed by atoms with Gasteiger partial charge in [0.05, 0.1) is 36.6 Å². The molecule has 0 heterocycles. The molecule has 50 heavy (non-hydrogen) atoms. The predicted molar refractivity (Wildman–Crippen MR) is 176 cm³/mol. The van der Waals surface area contributed by atoms with Crippen LogP contribution in [0.4, 0.5) is 5.69 Å². The lowest BCUT2D eigenvalue weighted by Crippen LogP contribution is -2.57. The highest BCUT2D eigenvalue weighted by atomic mass is 16.6. The second-order valence-corrected chi connectivity index (χ2v) is 11.3. The van der Waals surface area contributed by atoms with E-state index >= 15 is 0 Å². The molecule has 0 aliphatic carbocycles. The third-order valence-corrected chi connectivity index (χ3v) is 7.13. The number of nitrogens with one attached hydrogen (secondary N) is 5. The summed E-state index contributed by atoms with van der Waals surface area (Å²) < 4.78 is 0. The summed E-state index contributed by atoms with van der Waals surface area (Å²) in [6.45, 7) is 0.744. The van der Waals surface area contributed by atoms with Crippen LogP contribution >= 0.6 is 0 Å². The quantitative estimate of drug-likeness (QED) is 0.0397. The van der Waals surface area contributed by atoms with E-state index in [1.165, 1.54) is 43.3 Å². The normalized spacial score (nSPS) is 13.1. The molecule has 0 radical (unpaired) electrons. The van der Waals surface area contributed by atoms with Crippen LogP contribution in [0.5, 0.6) is 5.75 Å². The highest BCUT2D eigenvalue weighted by Crippen LogP contribution is 2.14. The zero-order chi connectivity index (χ0) is 37.2. The molecule has 0 spiro atoms. The van der Waals surface area contributed by atoms with Gasteiger partial charge in [-0.2, -0.15) is 0 Å². The molecule has 11 N–H and O–H groups in total. The fourth-order valence-electron chi connectivity index (χ4n) is 4.63. The minimum absolute atomic E-state index is 0.00586. The van der Waals surface area contributed by atoms with Gasteiger partial charge in [0, 0.05) is 25.6 Å². The Morgan fingerprint density at radius 3 is 2.04 bits per heavy atom. The molecule has 2 aromatic carbocycles. The van der Waals surface area contributed by atoms with Crippen molar-refractivity contribution in [3.8, 4) is 5.75 Å². The average molecular weight is 703 g/mol. The van der Waals surface area contributed by atoms with Crippen LogP contribution in [-0.4, -0.2) is 94.5 Å². The zero-order valence-electron chi connectivity index (χ0n) is 27.3. The first-order valence-corrected chi connectivity index (χ1v) is 15.4. The second-order valence-electron chi connectivity index (χ2n) is 11.3. The van der Waals surface area contributed by atoms with Crippen LogP contribution in [0.3, 0.4) is 0 Å². The molecule has 19 nitrogen and oxygen atoms in total. The number of amides is 5. The van der Waals surface area contributed by atoms with Gasteiger partial charge in [0.2, 0.25) is 29.5 Å². The van der Waals surface area contributed by atoms with Gasteiger partial charge in [-0.3, -0.25) is 38.9 Å². The Bertz CT molecular complexity index is 1490. The lowest BCUT2D eigenvalue weighted by molar-refractivity contribution is -0.384. The number of nitro benzene ring substituents is 1. The van der Waals surface area contributed by atoms with E-state index < -0.39 is 71.7 Å². The van der Waals surface area contributed by atoms with Crippen molar-refractivity contribution in [1.29, 1.82) is 0 Å². The van der Waals surface area contributed by atoms with Crippen LogP contribution in [0.25, 0.3) is 0 Å². The number of aliphatic carboxylic acids is 1. The first-order valence-electron chi connectivity index (χ1n) is 15.4. The molecule has 2 rings (SSSR count). The smallest absolute Gasteiger partial charge is 0.305 e. The monoisotopic (exact) mass is 702 g/mol. The van der Waals surface area contributed by atoms with Crippen molar-refractivity contribution >= 4 is 41.2 Å². The van der Waals surface area contributed by atoms with E-state index in [0.717, 1.165) is 0 Å². The molecular weight excluding hydrogens is 660 g/mol. The molecule has 0 bridgehead atoms. The van der Waals surface area contributed by atoms with Crippen LogP contribution in [0.15, 0.2) is 48.5 Å². The number of nitro groups is 1. The number of non-ortho nitro benzene ring substituents is 1. The zero-order valence-corrected chi connectivity index (χ0v) is 27.3. The molecule has 0 aromatic heterocycles. The number of hydrogen-bond acceptors (Lipinski definition) is 12. The third-order valence-electron chi connectivity index (χ3n) is 7.13. The van der Waals surface area contributed by atoms with E-state index in [9.17, 15) is 49.1 Å². The Morgan fingerprint density at radius 1 is 0.860 bits per heavy atom. The Hall–Kier alpha value is -5.66. The van der Waals surface area contributed by atoms with E-state index in [1.54, 1.807) is 12.1 Å². The van der Waals surface area contributed by atoms with Crippen molar-refractivity contribution in [3.05, 3.63) is 69.8 Å². The molecule has 0 fully saturated rings. The van der Waals surface area contributed by atoms with Crippen LogP contribution in [0, 0.1) is 10.1 Å². The van der Waals surface area contributed by atoms with Gasteiger partial charge in [-0.1, -0.05) is 24.3 Å². The van der Waals surface area contributed by atoms with Crippen LogP contribution < -0.4 is 38.2 Å². The van der Waals surface area contributed by atoms with E-state index in [2.05, 4.69) is 31.4 Å². The van der Waals surface area contributed by atoms with E-state index in [4.69, 9.17) is 11.6 Å². The second kappa shape index (κ2) is 20.6. The highest BCUT2D eigenvalue weighted by molar-refractivity contribution is 5.95. The molecule has 0 aliphatic rings. The number of aromatic hydroxyl groups is 1. The summed E-state index contributed by atoms with van der Waals surface area (Å²) in [7, 11) is 0. The van der Waals surface area contributed by atoms with Gasteiger partial charge in [-0.25, -0.2) is 5.90 Å². The first-order chi connectivity index (χ1) is 23.7. The molecule has 5 amide bonds. The molecule has 0 saturated carbocycles. The summed E-state index contributed by atoms with van der Waals surface area (Å²) in [6, 6.07) is 6.69. The Labute approximate surface area is 286 Å².